The highest BCUT2D eigenvalue weighted by atomic mass is 16.5. The third-order valence-electron chi connectivity index (χ3n) is 2.17. The lowest BCUT2D eigenvalue weighted by molar-refractivity contribution is 0.150. The zero-order chi connectivity index (χ0) is 11.5. The molecule has 0 aliphatic carbocycles. The maximum Gasteiger partial charge on any atom is 0.404 e. The van der Waals surface area contributed by atoms with E-state index in [0.717, 1.165) is 5.56 Å². The van der Waals surface area contributed by atoms with Crippen LogP contribution in [0.4, 0.5) is 4.79 Å². The lowest BCUT2D eigenvalue weighted by atomic mass is 9.86. The fourth-order valence-corrected chi connectivity index (χ4v) is 1.28. The summed E-state index contributed by atoms with van der Waals surface area (Å²) in [4.78, 5) is 10.5. The van der Waals surface area contributed by atoms with Gasteiger partial charge in [-0.15, -0.1) is 0 Å². The number of amides is 1. The Morgan fingerprint density at radius 1 is 1.40 bits per heavy atom. The summed E-state index contributed by atoms with van der Waals surface area (Å²) >= 11 is 0. The molecule has 0 unspecified atom stereocenters. The molecule has 0 aromatic heterocycles. The number of carbonyl (C=O) groups is 1. The van der Waals surface area contributed by atoms with Crippen LogP contribution in [0.2, 0.25) is 0 Å². The second kappa shape index (κ2) is 4.34. The molecule has 0 aliphatic heterocycles. The van der Waals surface area contributed by atoms with Crippen molar-refractivity contribution >= 4 is 6.09 Å². The molecule has 1 amide bonds. The Bertz CT molecular complexity index is 353. The first-order valence-corrected chi connectivity index (χ1v) is 4.91. The van der Waals surface area contributed by atoms with Crippen molar-refractivity contribution in [1.29, 1.82) is 0 Å². The molecule has 0 spiro atoms. The summed E-state index contributed by atoms with van der Waals surface area (Å²) in [6.07, 6.45) is -0.740. The minimum Gasteiger partial charge on any atom is -0.445 e. The smallest absolute Gasteiger partial charge is 0.404 e. The maximum atomic E-state index is 10.5. The SMILES string of the molecule is CC(C)(C)c1cccc(COC(N)=O)c1. The number of primary amides is 1. The number of carbonyl (C=O) groups excluding carboxylic acids is 1. The van der Waals surface area contributed by atoms with E-state index < -0.39 is 6.09 Å². The summed E-state index contributed by atoms with van der Waals surface area (Å²) in [6.45, 7) is 6.66. The zero-order valence-electron chi connectivity index (χ0n) is 9.41. The Balaban J connectivity index is 2.79. The van der Waals surface area contributed by atoms with Crippen LogP contribution in [0, 0.1) is 0 Å². The first kappa shape index (κ1) is 11.6. The van der Waals surface area contributed by atoms with Crippen LogP contribution in [-0.2, 0) is 16.8 Å². The summed E-state index contributed by atoms with van der Waals surface area (Å²) in [5.41, 5.74) is 7.18. The second-order valence-electron chi connectivity index (χ2n) is 4.56. The van der Waals surface area contributed by atoms with Crippen LogP contribution in [0.15, 0.2) is 24.3 Å². The monoisotopic (exact) mass is 207 g/mol. The number of rotatable bonds is 2. The van der Waals surface area contributed by atoms with Crippen molar-refractivity contribution in [2.75, 3.05) is 0 Å². The summed E-state index contributed by atoms with van der Waals surface area (Å²) < 4.78 is 4.73. The summed E-state index contributed by atoms with van der Waals surface area (Å²) in [5, 5.41) is 0. The molecule has 0 fully saturated rings. The van der Waals surface area contributed by atoms with Gasteiger partial charge in [0, 0.05) is 0 Å². The standard InChI is InChI=1S/C12H17NO2/c1-12(2,3)10-6-4-5-9(7-10)8-15-11(13)14/h4-7H,8H2,1-3H3,(H2,13,14). The minimum atomic E-state index is -0.740. The number of ether oxygens (including phenoxy) is 1. The van der Waals surface area contributed by atoms with E-state index in [2.05, 4.69) is 26.8 Å². The van der Waals surface area contributed by atoms with Crippen molar-refractivity contribution in [3.63, 3.8) is 0 Å². The van der Waals surface area contributed by atoms with Gasteiger partial charge in [0.2, 0.25) is 0 Å². The van der Waals surface area contributed by atoms with E-state index in [1.165, 1.54) is 5.56 Å². The van der Waals surface area contributed by atoms with Crippen LogP contribution in [0.25, 0.3) is 0 Å². The molecule has 2 N–H and O–H groups in total. The quantitative estimate of drug-likeness (QED) is 0.810. The predicted octanol–water partition coefficient (Wildman–Crippen LogP) is 2.58. The largest absolute Gasteiger partial charge is 0.445 e. The molecule has 0 radical (unpaired) electrons. The molecule has 0 heterocycles. The van der Waals surface area contributed by atoms with Gasteiger partial charge in [-0.05, 0) is 16.5 Å². The predicted molar refractivity (Wildman–Crippen MR) is 59.5 cm³/mol. The molecular formula is C12H17NO2. The maximum absolute atomic E-state index is 10.5. The van der Waals surface area contributed by atoms with E-state index in [1.54, 1.807) is 0 Å². The fourth-order valence-electron chi connectivity index (χ4n) is 1.28. The Morgan fingerprint density at radius 3 is 2.60 bits per heavy atom. The molecule has 0 saturated heterocycles. The van der Waals surface area contributed by atoms with Crippen LogP contribution in [0.3, 0.4) is 0 Å². The molecule has 82 valence electrons. The summed E-state index contributed by atoms with van der Waals surface area (Å²) in [7, 11) is 0. The Hall–Kier alpha value is -1.51. The Kier molecular flexibility index (Phi) is 3.35. The van der Waals surface area contributed by atoms with Crippen molar-refractivity contribution in [2.24, 2.45) is 5.73 Å². The zero-order valence-corrected chi connectivity index (χ0v) is 9.41. The van der Waals surface area contributed by atoms with Gasteiger partial charge >= 0.3 is 6.09 Å². The highest BCUT2D eigenvalue weighted by molar-refractivity contribution is 5.64. The third-order valence-corrected chi connectivity index (χ3v) is 2.17. The Labute approximate surface area is 90.2 Å². The number of hydrogen-bond donors (Lipinski definition) is 1. The molecule has 1 aromatic carbocycles. The van der Waals surface area contributed by atoms with Gasteiger partial charge in [0.15, 0.2) is 0 Å². The van der Waals surface area contributed by atoms with Gasteiger partial charge in [-0.3, -0.25) is 0 Å². The lowest BCUT2D eigenvalue weighted by Gasteiger charge is -2.19. The van der Waals surface area contributed by atoms with E-state index in [-0.39, 0.29) is 12.0 Å². The number of benzene rings is 1. The van der Waals surface area contributed by atoms with Crippen molar-refractivity contribution < 1.29 is 9.53 Å². The Morgan fingerprint density at radius 2 is 2.07 bits per heavy atom. The van der Waals surface area contributed by atoms with Crippen LogP contribution in [0.5, 0.6) is 0 Å². The van der Waals surface area contributed by atoms with Gasteiger partial charge in [0.1, 0.15) is 6.61 Å². The molecule has 1 rings (SSSR count). The molecule has 0 bridgehead atoms. The average Bonchev–Trinajstić information content (AvgIpc) is 2.14. The summed E-state index contributed by atoms with van der Waals surface area (Å²) in [5.74, 6) is 0. The molecule has 0 aliphatic rings. The molecule has 0 saturated carbocycles. The molecule has 3 heteroatoms. The van der Waals surface area contributed by atoms with Crippen molar-refractivity contribution in [2.45, 2.75) is 32.8 Å². The van der Waals surface area contributed by atoms with E-state index in [9.17, 15) is 4.79 Å². The number of nitrogens with two attached hydrogens (primary N) is 1. The lowest BCUT2D eigenvalue weighted by Crippen LogP contribution is -2.14. The molecule has 3 nitrogen and oxygen atoms in total. The van der Waals surface area contributed by atoms with Crippen LogP contribution < -0.4 is 5.73 Å². The fraction of sp³-hybridized carbons (Fsp3) is 0.417. The van der Waals surface area contributed by atoms with Gasteiger partial charge in [-0.1, -0.05) is 45.0 Å². The van der Waals surface area contributed by atoms with E-state index in [0.29, 0.717) is 0 Å². The van der Waals surface area contributed by atoms with E-state index >= 15 is 0 Å². The first-order chi connectivity index (χ1) is 6.89. The summed E-state index contributed by atoms with van der Waals surface area (Å²) in [6, 6.07) is 7.97. The van der Waals surface area contributed by atoms with Gasteiger partial charge < -0.3 is 10.5 Å². The molecule has 15 heavy (non-hydrogen) atoms. The molecule has 0 atom stereocenters. The second-order valence-corrected chi connectivity index (χ2v) is 4.56. The molecular weight excluding hydrogens is 190 g/mol. The van der Waals surface area contributed by atoms with Gasteiger partial charge in [-0.2, -0.15) is 0 Å². The van der Waals surface area contributed by atoms with E-state index in [1.807, 2.05) is 18.2 Å². The molecule has 1 aromatic rings. The van der Waals surface area contributed by atoms with Crippen LogP contribution in [0.1, 0.15) is 31.9 Å². The van der Waals surface area contributed by atoms with Crippen molar-refractivity contribution in [3.8, 4) is 0 Å². The third kappa shape index (κ3) is 3.62. The minimum absolute atomic E-state index is 0.0999. The first-order valence-electron chi connectivity index (χ1n) is 4.91. The topological polar surface area (TPSA) is 52.3 Å². The number of hydrogen-bond acceptors (Lipinski definition) is 2. The van der Waals surface area contributed by atoms with E-state index in [4.69, 9.17) is 10.5 Å². The van der Waals surface area contributed by atoms with Gasteiger partial charge in [0.05, 0.1) is 0 Å². The highest BCUT2D eigenvalue weighted by Gasteiger charge is 2.13. The van der Waals surface area contributed by atoms with Gasteiger partial charge in [-0.25, -0.2) is 4.79 Å². The average molecular weight is 207 g/mol. The van der Waals surface area contributed by atoms with Crippen molar-refractivity contribution in [1.82, 2.24) is 0 Å². The van der Waals surface area contributed by atoms with Crippen LogP contribution in [-0.4, -0.2) is 6.09 Å². The van der Waals surface area contributed by atoms with Crippen LogP contribution >= 0.6 is 0 Å². The highest BCUT2D eigenvalue weighted by Crippen LogP contribution is 2.22. The van der Waals surface area contributed by atoms with Gasteiger partial charge in [0.25, 0.3) is 0 Å². The normalized spacial score (nSPS) is 11.1. The van der Waals surface area contributed by atoms with Crippen molar-refractivity contribution in [3.05, 3.63) is 35.4 Å².